The van der Waals surface area contributed by atoms with Crippen LogP contribution in [0.5, 0.6) is 0 Å². The third kappa shape index (κ3) is 3.98. The van der Waals surface area contributed by atoms with Gasteiger partial charge in [-0.1, -0.05) is 0 Å². The van der Waals surface area contributed by atoms with Crippen molar-refractivity contribution < 1.29 is 14.7 Å². The first kappa shape index (κ1) is 14.4. The molecule has 1 aliphatic rings. The molecule has 4 nitrogen and oxygen atoms in total. The van der Waals surface area contributed by atoms with Gasteiger partial charge in [0.15, 0.2) is 0 Å². The van der Waals surface area contributed by atoms with Crippen molar-refractivity contribution >= 4 is 40.0 Å². The molecule has 0 bridgehead atoms. The van der Waals surface area contributed by atoms with E-state index in [1.54, 1.807) is 13.0 Å². The van der Waals surface area contributed by atoms with Crippen LogP contribution in [0.3, 0.4) is 0 Å². The lowest BCUT2D eigenvalue weighted by atomic mass is 9.98. The molecular weight excluding hydrogens is 282 g/mol. The minimum atomic E-state index is -0.938. The summed E-state index contributed by atoms with van der Waals surface area (Å²) in [4.78, 5) is 23.1. The topological polar surface area (TPSA) is 66.4 Å². The van der Waals surface area contributed by atoms with E-state index in [-0.39, 0.29) is 5.91 Å². The number of aromatic carboxylic acids is 1. The maximum atomic E-state index is 11.9. The van der Waals surface area contributed by atoms with Crippen molar-refractivity contribution in [2.75, 3.05) is 16.8 Å². The van der Waals surface area contributed by atoms with Gasteiger partial charge in [-0.3, -0.25) is 4.79 Å². The third-order valence-corrected chi connectivity index (χ3v) is 5.38. The van der Waals surface area contributed by atoms with E-state index in [1.165, 1.54) is 0 Å². The number of hydrogen-bond acceptors (Lipinski definition) is 4. The second-order valence-corrected chi connectivity index (χ2v) is 7.01. The first-order valence-corrected chi connectivity index (χ1v) is 8.24. The van der Waals surface area contributed by atoms with Gasteiger partial charge in [0.05, 0.1) is 5.00 Å². The molecule has 1 aromatic rings. The predicted octanol–water partition coefficient (Wildman–Crippen LogP) is 3.23. The highest BCUT2D eigenvalue weighted by Gasteiger charge is 2.19. The number of thiophene rings is 1. The Morgan fingerprint density at radius 1 is 1.42 bits per heavy atom. The molecule has 0 spiro atoms. The van der Waals surface area contributed by atoms with Gasteiger partial charge in [-0.05, 0) is 48.8 Å². The molecule has 1 aromatic heterocycles. The minimum Gasteiger partial charge on any atom is -0.477 e. The molecule has 0 unspecified atom stereocenters. The Bertz CT molecular complexity index is 478. The van der Waals surface area contributed by atoms with Crippen LogP contribution in [0, 0.1) is 12.8 Å². The van der Waals surface area contributed by atoms with Gasteiger partial charge in [0.2, 0.25) is 5.91 Å². The molecule has 1 fully saturated rings. The molecule has 2 heterocycles. The lowest BCUT2D eigenvalue weighted by Gasteiger charge is -2.20. The fourth-order valence-electron chi connectivity index (χ4n) is 2.16. The van der Waals surface area contributed by atoms with Crippen molar-refractivity contribution in [3.63, 3.8) is 0 Å². The Morgan fingerprint density at radius 2 is 2.11 bits per heavy atom. The summed E-state index contributed by atoms with van der Waals surface area (Å²) in [6.45, 7) is 1.74. The number of hydrogen-bond donors (Lipinski definition) is 2. The lowest BCUT2D eigenvalue weighted by Crippen LogP contribution is -2.19. The second kappa shape index (κ2) is 6.43. The highest BCUT2D eigenvalue weighted by atomic mass is 32.2. The van der Waals surface area contributed by atoms with Crippen LogP contribution in [0.2, 0.25) is 0 Å². The summed E-state index contributed by atoms with van der Waals surface area (Å²) in [6, 6.07) is 1.72. The van der Waals surface area contributed by atoms with E-state index in [0.717, 1.165) is 35.7 Å². The highest BCUT2D eigenvalue weighted by molar-refractivity contribution is 7.99. The average Bonchev–Trinajstić information content (AvgIpc) is 2.71. The number of carboxylic acids is 1. The molecule has 2 rings (SSSR count). The van der Waals surface area contributed by atoms with Crippen LogP contribution in [0.4, 0.5) is 5.00 Å². The fourth-order valence-corrected chi connectivity index (χ4v) is 4.29. The normalized spacial score (nSPS) is 16.3. The SMILES string of the molecule is Cc1cc(NC(=O)CC2CCSCC2)sc1C(=O)O. The molecule has 6 heteroatoms. The number of aryl methyl sites for hydroxylation is 1. The Labute approximate surface area is 120 Å². The number of anilines is 1. The molecule has 19 heavy (non-hydrogen) atoms. The summed E-state index contributed by atoms with van der Waals surface area (Å²) >= 11 is 3.07. The first-order chi connectivity index (χ1) is 9.06. The summed E-state index contributed by atoms with van der Waals surface area (Å²) < 4.78 is 0. The zero-order chi connectivity index (χ0) is 13.8. The monoisotopic (exact) mass is 299 g/mol. The van der Waals surface area contributed by atoms with Crippen LogP contribution in [0.1, 0.15) is 34.5 Å². The number of carboxylic acid groups (broad SMARTS) is 1. The first-order valence-electron chi connectivity index (χ1n) is 6.27. The van der Waals surface area contributed by atoms with Crippen molar-refractivity contribution in [1.82, 2.24) is 0 Å². The van der Waals surface area contributed by atoms with Crippen LogP contribution in [0.15, 0.2) is 6.07 Å². The number of carbonyl (C=O) groups excluding carboxylic acids is 1. The maximum absolute atomic E-state index is 11.9. The van der Waals surface area contributed by atoms with E-state index in [0.29, 0.717) is 27.8 Å². The van der Waals surface area contributed by atoms with E-state index in [4.69, 9.17) is 5.11 Å². The van der Waals surface area contributed by atoms with Crippen molar-refractivity contribution in [3.8, 4) is 0 Å². The largest absolute Gasteiger partial charge is 0.477 e. The molecule has 0 radical (unpaired) electrons. The molecule has 0 atom stereocenters. The van der Waals surface area contributed by atoms with Crippen LogP contribution < -0.4 is 5.32 Å². The van der Waals surface area contributed by atoms with Crippen molar-refractivity contribution in [2.45, 2.75) is 26.2 Å². The van der Waals surface area contributed by atoms with Gasteiger partial charge in [-0.15, -0.1) is 11.3 Å². The molecule has 0 saturated carbocycles. The predicted molar refractivity (Wildman–Crippen MR) is 79.3 cm³/mol. The maximum Gasteiger partial charge on any atom is 0.346 e. The van der Waals surface area contributed by atoms with Crippen LogP contribution in [0.25, 0.3) is 0 Å². The molecule has 0 aromatic carbocycles. The quantitative estimate of drug-likeness (QED) is 0.896. The molecule has 2 N–H and O–H groups in total. The summed E-state index contributed by atoms with van der Waals surface area (Å²) in [7, 11) is 0. The molecule has 1 amide bonds. The Balaban J connectivity index is 1.91. The molecule has 104 valence electrons. The van der Waals surface area contributed by atoms with Gasteiger partial charge in [-0.2, -0.15) is 11.8 Å². The number of thioether (sulfide) groups is 1. The zero-order valence-corrected chi connectivity index (χ0v) is 12.4. The standard InChI is InChI=1S/C13H17NO3S2/c1-8-6-11(19-12(8)13(16)17)14-10(15)7-9-2-4-18-5-3-9/h6,9H,2-5,7H2,1H3,(H,14,15)(H,16,17). The number of carbonyl (C=O) groups is 2. The Hall–Kier alpha value is -1.01. The van der Waals surface area contributed by atoms with Crippen molar-refractivity contribution in [3.05, 3.63) is 16.5 Å². The van der Waals surface area contributed by atoms with Gasteiger partial charge < -0.3 is 10.4 Å². The van der Waals surface area contributed by atoms with Crippen LogP contribution in [-0.2, 0) is 4.79 Å². The zero-order valence-electron chi connectivity index (χ0n) is 10.8. The molecule has 0 aliphatic carbocycles. The molecule has 1 aliphatic heterocycles. The highest BCUT2D eigenvalue weighted by Crippen LogP contribution is 2.28. The van der Waals surface area contributed by atoms with E-state index in [2.05, 4.69) is 5.32 Å². The second-order valence-electron chi connectivity index (χ2n) is 4.74. The Morgan fingerprint density at radius 3 is 2.68 bits per heavy atom. The average molecular weight is 299 g/mol. The number of nitrogens with one attached hydrogen (secondary N) is 1. The van der Waals surface area contributed by atoms with E-state index >= 15 is 0 Å². The van der Waals surface area contributed by atoms with Crippen LogP contribution >= 0.6 is 23.1 Å². The third-order valence-electron chi connectivity index (χ3n) is 3.19. The van der Waals surface area contributed by atoms with E-state index in [9.17, 15) is 9.59 Å². The molecule has 1 saturated heterocycles. The summed E-state index contributed by atoms with van der Waals surface area (Å²) in [5.41, 5.74) is 0.696. The summed E-state index contributed by atoms with van der Waals surface area (Å²) in [5.74, 6) is 1.81. The van der Waals surface area contributed by atoms with Crippen molar-refractivity contribution in [2.24, 2.45) is 5.92 Å². The Kier molecular flexibility index (Phi) is 4.87. The van der Waals surface area contributed by atoms with Crippen LogP contribution in [-0.4, -0.2) is 28.5 Å². The number of amides is 1. The van der Waals surface area contributed by atoms with Gasteiger partial charge >= 0.3 is 5.97 Å². The van der Waals surface area contributed by atoms with E-state index < -0.39 is 5.97 Å². The minimum absolute atomic E-state index is 0.00455. The van der Waals surface area contributed by atoms with Crippen molar-refractivity contribution in [1.29, 1.82) is 0 Å². The summed E-state index contributed by atoms with van der Waals surface area (Å²) in [6.07, 6.45) is 2.74. The summed E-state index contributed by atoms with van der Waals surface area (Å²) in [5, 5.41) is 12.4. The molecular formula is C13H17NO3S2. The van der Waals surface area contributed by atoms with Gasteiger partial charge in [0.25, 0.3) is 0 Å². The van der Waals surface area contributed by atoms with Gasteiger partial charge in [0.1, 0.15) is 4.88 Å². The number of rotatable bonds is 4. The smallest absolute Gasteiger partial charge is 0.346 e. The van der Waals surface area contributed by atoms with E-state index in [1.807, 2.05) is 11.8 Å². The lowest BCUT2D eigenvalue weighted by molar-refractivity contribution is -0.117. The fraction of sp³-hybridized carbons (Fsp3) is 0.538. The van der Waals surface area contributed by atoms with Gasteiger partial charge in [-0.25, -0.2) is 4.79 Å². The van der Waals surface area contributed by atoms with Gasteiger partial charge in [0, 0.05) is 6.42 Å².